The van der Waals surface area contributed by atoms with Gasteiger partial charge in [-0.2, -0.15) is 0 Å². The van der Waals surface area contributed by atoms with Crippen molar-refractivity contribution in [3.63, 3.8) is 0 Å². The van der Waals surface area contributed by atoms with Crippen LogP contribution in [0.15, 0.2) is 54.7 Å². The predicted molar refractivity (Wildman–Crippen MR) is 129 cm³/mol. The standard InChI is InChI=1S/C24H25ClN4O2S/c1-4-31-21(30)14-28-23(22(27-24(28)32)20-7-5-6-12-26-20)19-13-15(2)29(16(19)3)18-10-8-17(25)9-11-18/h5-13,22-23H,4,14H2,1-3H3,(H,27,32)/t22-,23+/m1/s1. The highest BCUT2D eigenvalue weighted by molar-refractivity contribution is 7.80. The van der Waals surface area contributed by atoms with E-state index in [-0.39, 0.29) is 24.6 Å². The first kappa shape index (κ1) is 22.3. The molecule has 166 valence electrons. The van der Waals surface area contributed by atoms with Gasteiger partial charge in [0, 0.05) is 28.3 Å². The summed E-state index contributed by atoms with van der Waals surface area (Å²) in [5.41, 5.74) is 5.10. The summed E-state index contributed by atoms with van der Waals surface area (Å²) in [7, 11) is 0. The lowest BCUT2D eigenvalue weighted by atomic mass is 9.97. The molecule has 3 aromatic rings. The number of aromatic nitrogens is 2. The molecular weight excluding hydrogens is 444 g/mol. The predicted octanol–water partition coefficient (Wildman–Crippen LogP) is 4.68. The minimum Gasteiger partial charge on any atom is -0.465 e. The van der Waals surface area contributed by atoms with Gasteiger partial charge in [-0.25, -0.2) is 0 Å². The van der Waals surface area contributed by atoms with Crippen molar-refractivity contribution in [3.8, 4) is 5.69 Å². The van der Waals surface area contributed by atoms with Crippen LogP contribution >= 0.6 is 23.8 Å². The zero-order valence-corrected chi connectivity index (χ0v) is 19.8. The average Bonchev–Trinajstić information content (AvgIpc) is 3.25. The number of carbonyl (C=O) groups excluding carboxylic acids is 1. The van der Waals surface area contributed by atoms with Crippen molar-refractivity contribution >= 4 is 34.9 Å². The topological polar surface area (TPSA) is 59.4 Å². The molecule has 0 spiro atoms. The number of nitrogens with one attached hydrogen (secondary N) is 1. The van der Waals surface area contributed by atoms with Crippen LogP contribution in [0.3, 0.4) is 0 Å². The number of pyridine rings is 1. The molecule has 4 rings (SSSR count). The van der Waals surface area contributed by atoms with E-state index in [1.54, 1.807) is 13.1 Å². The SMILES string of the molecule is CCOC(=O)CN1C(=S)N[C@H](c2ccccn2)[C@@H]1c1cc(C)n(-c2ccc(Cl)cc2)c1C. The van der Waals surface area contributed by atoms with Crippen molar-refractivity contribution in [1.29, 1.82) is 0 Å². The second-order valence-electron chi connectivity index (χ2n) is 7.70. The third kappa shape index (κ3) is 4.23. The van der Waals surface area contributed by atoms with Gasteiger partial charge in [0.05, 0.1) is 24.4 Å². The molecule has 0 radical (unpaired) electrons. The molecule has 0 unspecified atom stereocenters. The molecule has 1 aliphatic rings. The van der Waals surface area contributed by atoms with Gasteiger partial charge >= 0.3 is 5.97 Å². The lowest BCUT2D eigenvalue weighted by molar-refractivity contribution is -0.143. The van der Waals surface area contributed by atoms with Gasteiger partial charge in [-0.15, -0.1) is 0 Å². The molecule has 32 heavy (non-hydrogen) atoms. The molecule has 1 saturated heterocycles. The Morgan fingerprint density at radius 3 is 2.62 bits per heavy atom. The highest BCUT2D eigenvalue weighted by atomic mass is 35.5. The Bertz CT molecular complexity index is 1130. The lowest BCUT2D eigenvalue weighted by Crippen LogP contribution is -2.35. The molecule has 0 amide bonds. The highest BCUT2D eigenvalue weighted by Crippen LogP contribution is 2.41. The van der Waals surface area contributed by atoms with Crippen molar-refractivity contribution in [2.75, 3.05) is 13.2 Å². The van der Waals surface area contributed by atoms with E-state index in [2.05, 4.69) is 34.8 Å². The van der Waals surface area contributed by atoms with Crippen LogP contribution < -0.4 is 5.32 Å². The summed E-state index contributed by atoms with van der Waals surface area (Å²) in [6, 6.07) is 15.3. The molecule has 1 N–H and O–H groups in total. The zero-order chi connectivity index (χ0) is 22.8. The Balaban J connectivity index is 1.80. The zero-order valence-electron chi connectivity index (χ0n) is 18.2. The second-order valence-corrected chi connectivity index (χ2v) is 8.52. The van der Waals surface area contributed by atoms with Gasteiger partial charge in [-0.05, 0) is 81.0 Å². The third-order valence-corrected chi connectivity index (χ3v) is 6.28. The first-order valence-corrected chi connectivity index (χ1v) is 11.3. The molecule has 1 fully saturated rings. The molecule has 2 atom stereocenters. The first-order valence-electron chi connectivity index (χ1n) is 10.5. The van der Waals surface area contributed by atoms with Gasteiger partial charge in [-0.1, -0.05) is 17.7 Å². The number of aryl methyl sites for hydroxylation is 1. The quantitative estimate of drug-likeness (QED) is 0.418. The largest absolute Gasteiger partial charge is 0.465 e. The molecule has 0 aliphatic carbocycles. The van der Waals surface area contributed by atoms with E-state index in [0.29, 0.717) is 16.7 Å². The fourth-order valence-corrected chi connectivity index (χ4v) is 4.77. The molecule has 8 heteroatoms. The first-order chi connectivity index (χ1) is 15.4. The van der Waals surface area contributed by atoms with Crippen LogP contribution in [0, 0.1) is 13.8 Å². The number of hydrogen-bond donors (Lipinski definition) is 1. The van der Waals surface area contributed by atoms with Gasteiger partial charge in [0.1, 0.15) is 6.54 Å². The number of nitrogens with zero attached hydrogens (tertiary/aromatic N) is 3. The van der Waals surface area contributed by atoms with Crippen molar-refractivity contribution in [1.82, 2.24) is 19.8 Å². The normalized spacial score (nSPS) is 18.0. The number of esters is 1. The van der Waals surface area contributed by atoms with Crippen LogP contribution in [-0.4, -0.2) is 38.7 Å². The van der Waals surface area contributed by atoms with Crippen LogP contribution in [0.5, 0.6) is 0 Å². The Kier molecular flexibility index (Phi) is 6.48. The van der Waals surface area contributed by atoms with Gasteiger partial charge in [0.25, 0.3) is 0 Å². The number of hydrogen-bond acceptors (Lipinski definition) is 4. The van der Waals surface area contributed by atoms with Crippen LogP contribution in [0.4, 0.5) is 0 Å². The van der Waals surface area contributed by atoms with E-state index in [0.717, 1.165) is 28.3 Å². The van der Waals surface area contributed by atoms with E-state index in [1.165, 1.54) is 0 Å². The highest BCUT2D eigenvalue weighted by Gasteiger charge is 2.42. The van der Waals surface area contributed by atoms with Crippen LogP contribution in [0.25, 0.3) is 5.69 Å². The summed E-state index contributed by atoms with van der Waals surface area (Å²) in [6.07, 6.45) is 1.77. The van der Waals surface area contributed by atoms with Gasteiger partial charge in [-0.3, -0.25) is 9.78 Å². The third-order valence-electron chi connectivity index (χ3n) is 5.68. The summed E-state index contributed by atoms with van der Waals surface area (Å²) in [4.78, 5) is 18.9. The lowest BCUT2D eigenvalue weighted by Gasteiger charge is -2.27. The molecule has 1 aromatic carbocycles. The molecular formula is C24H25ClN4O2S. The van der Waals surface area contributed by atoms with E-state index in [4.69, 9.17) is 28.6 Å². The Morgan fingerprint density at radius 1 is 1.22 bits per heavy atom. The maximum atomic E-state index is 12.4. The summed E-state index contributed by atoms with van der Waals surface area (Å²) in [5.74, 6) is -0.310. The Hall–Kier alpha value is -2.90. The number of rotatable bonds is 6. The number of carbonyl (C=O) groups is 1. The molecule has 0 saturated carbocycles. The van der Waals surface area contributed by atoms with Gasteiger partial charge < -0.3 is 19.5 Å². The summed E-state index contributed by atoms with van der Waals surface area (Å²) < 4.78 is 7.40. The van der Waals surface area contributed by atoms with E-state index in [9.17, 15) is 4.79 Å². The van der Waals surface area contributed by atoms with Crippen molar-refractivity contribution in [2.45, 2.75) is 32.9 Å². The minimum atomic E-state index is -0.310. The minimum absolute atomic E-state index is 0.0677. The van der Waals surface area contributed by atoms with Gasteiger partial charge in [0.15, 0.2) is 5.11 Å². The second kappa shape index (κ2) is 9.30. The smallest absolute Gasteiger partial charge is 0.325 e. The summed E-state index contributed by atoms with van der Waals surface area (Å²) >= 11 is 11.7. The average molecular weight is 469 g/mol. The fourth-order valence-electron chi connectivity index (χ4n) is 4.33. The van der Waals surface area contributed by atoms with E-state index >= 15 is 0 Å². The van der Waals surface area contributed by atoms with Crippen molar-refractivity contribution in [2.24, 2.45) is 0 Å². The summed E-state index contributed by atoms with van der Waals surface area (Å²) in [6.45, 7) is 6.34. The molecule has 3 heterocycles. The number of halogens is 1. The molecule has 2 aromatic heterocycles. The Labute approximate surface area is 198 Å². The maximum Gasteiger partial charge on any atom is 0.325 e. The van der Waals surface area contributed by atoms with Crippen LogP contribution in [-0.2, 0) is 9.53 Å². The van der Waals surface area contributed by atoms with E-state index in [1.807, 2.05) is 47.4 Å². The number of thiocarbonyl (C=S) groups is 1. The molecule has 0 bridgehead atoms. The fraction of sp³-hybridized carbons (Fsp3) is 0.292. The van der Waals surface area contributed by atoms with E-state index < -0.39 is 0 Å². The van der Waals surface area contributed by atoms with Crippen LogP contribution in [0.1, 0.15) is 41.7 Å². The van der Waals surface area contributed by atoms with Gasteiger partial charge in [0.2, 0.25) is 0 Å². The van der Waals surface area contributed by atoms with Crippen molar-refractivity contribution in [3.05, 3.63) is 82.4 Å². The van der Waals surface area contributed by atoms with Crippen LogP contribution in [0.2, 0.25) is 5.02 Å². The number of ether oxygens (including phenoxy) is 1. The number of benzene rings is 1. The summed E-state index contributed by atoms with van der Waals surface area (Å²) in [5, 5.41) is 4.58. The molecule has 1 aliphatic heterocycles. The maximum absolute atomic E-state index is 12.4. The Morgan fingerprint density at radius 2 is 1.97 bits per heavy atom. The molecule has 6 nitrogen and oxygen atoms in total. The monoisotopic (exact) mass is 468 g/mol. The van der Waals surface area contributed by atoms with Crippen molar-refractivity contribution < 1.29 is 9.53 Å².